The molecule has 1 unspecified atom stereocenters. The van der Waals surface area contributed by atoms with E-state index < -0.39 is 16.1 Å². The van der Waals surface area contributed by atoms with Gasteiger partial charge in [0, 0.05) is 5.02 Å². The van der Waals surface area contributed by atoms with Crippen LogP contribution < -0.4 is 4.72 Å². The monoisotopic (exact) mass is 317 g/mol. The average molecular weight is 318 g/mol. The molecule has 0 aliphatic carbocycles. The van der Waals surface area contributed by atoms with Crippen LogP contribution in [-0.2, 0) is 16.6 Å². The molecule has 2 aromatic rings. The van der Waals surface area contributed by atoms with E-state index in [1.54, 1.807) is 6.92 Å². The number of nitrogens with zero attached hydrogens (tertiary/aromatic N) is 3. The van der Waals surface area contributed by atoms with Crippen LogP contribution in [0, 0.1) is 0 Å². The van der Waals surface area contributed by atoms with Gasteiger partial charge in [0.1, 0.15) is 0 Å². The zero-order chi connectivity index (χ0) is 14.8. The Morgan fingerprint density at radius 2 is 2.25 bits per heavy atom. The van der Waals surface area contributed by atoms with E-state index in [2.05, 4.69) is 25.3 Å². The lowest BCUT2D eigenvalue weighted by Gasteiger charge is -2.11. The molecule has 0 saturated heterocycles. The van der Waals surface area contributed by atoms with Crippen LogP contribution in [0.1, 0.15) is 24.4 Å². The Labute approximate surface area is 120 Å². The molecule has 0 fully saturated rings. The van der Waals surface area contributed by atoms with Crippen molar-refractivity contribution in [3.8, 4) is 0 Å². The van der Waals surface area contributed by atoms with E-state index in [1.165, 1.54) is 18.2 Å². The third-order valence-corrected chi connectivity index (χ3v) is 4.48. The van der Waals surface area contributed by atoms with Crippen molar-refractivity contribution >= 4 is 21.6 Å². The van der Waals surface area contributed by atoms with Gasteiger partial charge in [0.2, 0.25) is 10.0 Å². The summed E-state index contributed by atoms with van der Waals surface area (Å²) in [5.41, 5.74) is 0.455. The van der Waals surface area contributed by atoms with Crippen LogP contribution in [-0.4, -0.2) is 34.1 Å². The number of hydrogen-bond acceptors (Lipinski definition) is 6. The second-order valence-corrected chi connectivity index (χ2v) is 6.15. The Kier molecular flexibility index (Phi) is 4.33. The van der Waals surface area contributed by atoms with Gasteiger partial charge in [-0.2, -0.15) is 5.21 Å². The number of aliphatic hydroxyl groups is 1. The Bertz CT molecular complexity index is 689. The Hall–Kier alpha value is -1.55. The van der Waals surface area contributed by atoms with Crippen molar-refractivity contribution in [2.45, 2.75) is 24.5 Å². The maximum Gasteiger partial charge on any atom is 0.241 e. The molecular weight excluding hydrogens is 306 g/mol. The Morgan fingerprint density at radius 1 is 1.50 bits per heavy atom. The third-order valence-electron chi connectivity index (χ3n) is 2.59. The summed E-state index contributed by atoms with van der Waals surface area (Å²) in [7, 11) is -3.77. The highest BCUT2D eigenvalue weighted by atomic mass is 35.5. The topological polar surface area (TPSA) is 121 Å². The molecule has 1 atom stereocenters. The second-order valence-electron chi connectivity index (χ2n) is 4.02. The fourth-order valence-corrected chi connectivity index (χ4v) is 3.06. The van der Waals surface area contributed by atoms with Crippen molar-refractivity contribution in [2.75, 3.05) is 0 Å². The summed E-state index contributed by atoms with van der Waals surface area (Å²) in [5.74, 6) is 0.228. The maximum absolute atomic E-state index is 12.2. The van der Waals surface area contributed by atoms with Crippen molar-refractivity contribution in [3.05, 3.63) is 34.6 Å². The van der Waals surface area contributed by atoms with Gasteiger partial charge < -0.3 is 5.11 Å². The molecule has 8 nitrogen and oxygen atoms in total. The van der Waals surface area contributed by atoms with E-state index in [0.717, 1.165) is 0 Å². The highest BCUT2D eigenvalue weighted by Crippen LogP contribution is 2.22. The van der Waals surface area contributed by atoms with Gasteiger partial charge in [0.25, 0.3) is 0 Å². The molecule has 108 valence electrons. The van der Waals surface area contributed by atoms with Crippen LogP contribution in [0.5, 0.6) is 0 Å². The molecule has 10 heteroatoms. The summed E-state index contributed by atoms with van der Waals surface area (Å²) >= 11 is 5.88. The van der Waals surface area contributed by atoms with Gasteiger partial charge in [0.05, 0.1) is 17.5 Å². The van der Waals surface area contributed by atoms with E-state index in [1.807, 2.05) is 0 Å². The molecule has 0 saturated carbocycles. The molecule has 2 rings (SSSR count). The number of halogens is 1. The molecule has 0 spiro atoms. The predicted molar refractivity (Wildman–Crippen MR) is 70.3 cm³/mol. The highest BCUT2D eigenvalue weighted by molar-refractivity contribution is 7.89. The molecule has 0 aliphatic rings. The number of hydrogen-bond donors (Lipinski definition) is 3. The minimum Gasteiger partial charge on any atom is -0.392 e. The van der Waals surface area contributed by atoms with E-state index in [4.69, 9.17) is 16.7 Å². The summed E-state index contributed by atoms with van der Waals surface area (Å²) < 4.78 is 26.7. The van der Waals surface area contributed by atoms with Gasteiger partial charge in [-0.1, -0.05) is 22.9 Å². The molecule has 1 heterocycles. The van der Waals surface area contributed by atoms with Gasteiger partial charge in [-0.25, -0.2) is 13.1 Å². The first kappa shape index (κ1) is 14.9. The lowest BCUT2D eigenvalue weighted by molar-refractivity contribution is 0.282. The van der Waals surface area contributed by atoms with E-state index >= 15 is 0 Å². The maximum atomic E-state index is 12.2. The molecule has 0 radical (unpaired) electrons. The SMILES string of the molecule is CC(NS(=O)(=O)c1ccc(CO)c(Cl)c1)c1nn[nH]n1. The van der Waals surface area contributed by atoms with Crippen LogP contribution in [0.4, 0.5) is 0 Å². The largest absolute Gasteiger partial charge is 0.392 e. The standard InChI is InChI=1S/C10H12ClN5O3S/c1-6(10-12-15-16-13-10)14-20(18,19)8-3-2-7(5-17)9(11)4-8/h2-4,6,14,17H,5H2,1H3,(H,12,13,15,16). The van der Waals surface area contributed by atoms with Crippen LogP contribution in [0.2, 0.25) is 5.02 Å². The summed E-state index contributed by atoms with van der Waals surface area (Å²) in [4.78, 5) is -0.00459. The number of nitrogens with one attached hydrogen (secondary N) is 2. The first-order valence-electron chi connectivity index (χ1n) is 5.59. The molecule has 20 heavy (non-hydrogen) atoms. The van der Waals surface area contributed by atoms with Crippen LogP contribution in [0.25, 0.3) is 0 Å². The minimum atomic E-state index is -3.77. The number of aromatic nitrogens is 4. The van der Waals surface area contributed by atoms with Crippen molar-refractivity contribution in [1.29, 1.82) is 0 Å². The molecule has 0 aliphatic heterocycles. The lowest BCUT2D eigenvalue weighted by Crippen LogP contribution is -2.27. The average Bonchev–Trinajstić information content (AvgIpc) is 2.92. The number of sulfonamides is 1. The van der Waals surface area contributed by atoms with Gasteiger partial charge in [-0.15, -0.1) is 10.2 Å². The minimum absolute atomic E-state index is 0.00459. The fourth-order valence-electron chi connectivity index (χ4n) is 1.53. The molecular formula is C10H12ClN5O3S. The summed E-state index contributed by atoms with van der Waals surface area (Å²) in [6.45, 7) is 1.33. The van der Waals surface area contributed by atoms with Crippen molar-refractivity contribution < 1.29 is 13.5 Å². The van der Waals surface area contributed by atoms with E-state index in [0.29, 0.717) is 5.56 Å². The number of tetrazole rings is 1. The first-order chi connectivity index (χ1) is 9.44. The van der Waals surface area contributed by atoms with Gasteiger partial charge >= 0.3 is 0 Å². The fraction of sp³-hybridized carbons (Fsp3) is 0.300. The molecule has 1 aromatic heterocycles. The molecule has 3 N–H and O–H groups in total. The summed E-state index contributed by atoms with van der Waals surface area (Å²) in [6.07, 6.45) is 0. The smallest absolute Gasteiger partial charge is 0.241 e. The molecule has 0 amide bonds. The van der Waals surface area contributed by atoms with Crippen molar-refractivity contribution in [2.24, 2.45) is 0 Å². The predicted octanol–water partition coefficient (Wildman–Crippen LogP) is 0.385. The van der Waals surface area contributed by atoms with Crippen LogP contribution in [0.15, 0.2) is 23.1 Å². The van der Waals surface area contributed by atoms with E-state index in [-0.39, 0.29) is 22.3 Å². The molecule has 0 bridgehead atoms. The van der Waals surface area contributed by atoms with E-state index in [9.17, 15) is 8.42 Å². The van der Waals surface area contributed by atoms with Crippen LogP contribution >= 0.6 is 11.6 Å². The Balaban J connectivity index is 2.24. The van der Waals surface area contributed by atoms with Crippen molar-refractivity contribution in [1.82, 2.24) is 25.3 Å². The van der Waals surface area contributed by atoms with Gasteiger partial charge in [-0.05, 0) is 24.6 Å². The number of aliphatic hydroxyl groups excluding tert-OH is 1. The second kappa shape index (κ2) is 5.83. The first-order valence-corrected chi connectivity index (χ1v) is 7.45. The number of H-pyrrole nitrogens is 1. The van der Waals surface area contributed by atoms with Crippen LogP contribution in [0.3, 0.4) is 0 Å². The molecule has 1 aromatic carbocycles. The zero-order valence-electron chi connectivity index (χ0n) is 10.4. The third kappa shape index (κ3) is 3.12. The summed E-state index contributed by atoms with van der Waals surface area (Å²) in [5, 5.41) is 22.2. The summed E-state index contributed by atoms with van der Waals surface area (Å²) in [6, 6.07) is 3.45. The number of rotatable bonds is 5. The number of aromatic amines is 1. The highest BCUT2D eigenvalue weighted by Gasteiger charge is 2.21. The van der Waals surface area contributed by atoms with Crippen molar-refractivity contribution in [3.63, 3.8) is 0 Å². The Morgan fingerprint density at radius 3 is 2.80 bits per heavy atom. The number of benzene rings is 1. The zero-order valence-corrected chi connectivity index (χ0v) is 12.0. The van der Waals surface area contributed by atoms with Gasteiger partial charge in [-0.3, -0.25) is 0 Å². The lowest BCUT2D eigenvalue weighted by atomic mass is 10.2. The van der Waals surface area contributed by atoms with Gasteiger partial charge in [0.15, 0.2) is 5.82 Å². The quantitative estimate of drug-likeness (QED) is 0.733. The normalized spacial score (nSPS) is 13.3.